The summed E-state index contributed by atoms with van der Waals surface area (Å²) in [5.74, 6) is 0.354. The molecule has 1 atom stereocenters. The molecule has 2 amide bonds. The van der Waals surface area contributed by atoms with Crippen molar-refractivity contribution in [3.05, 3.63) is 46.2 Å². The summed E-state index contributed by atoms with van der Waals surface area (Å²) < 4.78 is 5.35. The fourth-order valence-corrected chi connectivity index (χ4v) is 3.66. The highest BCUT2D eigenvalue weighted by Gasteiger charge is 2.23. The summed E-state index contributed by atoms with van der Waals surface area (Å²) in [6, 6.07) is 9.09. The van der Waals surface area contributed by atoms with E-state index in [2.05, 4.69) is 5.32 Å². The van der Waals surface area contributed by atoms with Crippen molar-refractivity contribution >= 4 is 28.8 Å². The molecule has 0 bridgehead atoms. The number of hydrogen-bond acceptors (Lipinski definition) is 5. The first-order valence-electron chi connectivity index (χ1n) is 8.59. The number of nitrogens with zero attached hydrogens (tertiary/aromatic N) is 1. The molecular formula is C19H22N2O4S. The third-order valence-corrected chi connectivity index (χ3v) is 5.24. The summed E-state index contributed by atoms with van der Waals surface area (Å²) in [4.78, 5) is 27.2. The summed E-state index contributed by atoms with van der Waals surface area (Å²) in [5.41, 5.74) is 1.38. The van der Waals surface area contributed by atoms with Gasteiger partial charge in [-0.2, -0.15) is 0 Å². The zero-order valence-electron chi connectivity index (χ0n) is 14.6. The Hall–Kier alpha value is -2.38. The number of hydrogen-bond donors (Lipinski definition) is 2. The first-order valence-corrected chi connectivity index (χ1v) is 9.47. The van der Waals surface area contributed by atoms with Crippen LogP contribution in [0.2, 0.25) is 0 Å². The minimum absolute atomic E-state index is 0.00848. The van der Waals surface area contributed by atoms with E-state index in [0.29, 0.717) is 24.4 Å². The van der Waals surface area contributed by atoms with Crippen molar-refractivity contribution in [1.29, 1.82) is 0 Å². The number of benzene rings is 1. The van der Waals surface area contributed by atoms with Crippen LogP contribution in [0.25, 0.3) is 0 Å². The molecule has 1 aliphatic heterocycles. The summed E-state index contributed by atoms with van der Waals surface area (Å²) in [5, 5.41) is 14.4. The van der Waals surface area contributed by atoms with E-state index in [1.807, 2.05) is 30.5 Å². The molecule has 26 heavy (non-hydrogen) atoms. The van der Waals surface area contributed by atoms with Crippen molar-refractivity contribution < 1.29 is 19.4 Å². The van der Waals surface area contributed by atoms with Crippen molar-refractivity contribution in [3.8, 4) is 5.75 Å². The number of carbonyl (C=O) groups excluding carboxylic acids is 2. The van der Waals surface area contributed by atoms with Crippen LogP contribution in [0, 0.1) is 0 Å². The molecule has 0 spiro atoms. The van der Waals surface area contributed by atoms with Crippen molar-refractivity contribution in [1.82, 2.24) is 4.90 Å². The lowest BCUT2D eigenvalue weighted by Crippen LogP contribution is -2.42. The van der Waals surface area contributed by atoms with Gasteiger partial charge in [-0.3, -0.25) is 9.59 Å². The Bertz CT molecular complexity index is 772. The maximum atomic E-state index is 12.9. The summed E-state index contributed by atoms with van der Waals surface area (Å²) in [7, 11) is 0. The molecule has 7 heteroatoms. The Balaban J connectivity index is 1.76. The van der Waals surface area contributed by atoms with Crippen LogP contribution in [-0.2, 0) is 22.6 Å². The number of aliphatic hydroxyl groups is 1. The lowest BCUT2D eigenvalue weighted by Gasteiger charge is -2.30. The quantitative estimate of drug-likeness (QED) is 0.780. The highest BCUT2D eigenvalue weighted by Crippen LogP contribution is 2.29. The second kappa shape index (κ2) is 8.33. The third kappa shape index (κ3) is 4.23. The molecule has 2 N–H and O–H groups in total. The predicted octanol–water partition coefficient (Wildman–Crippen LogP) is 2.42. The van der Waals surface area contributed by atoms with Crippen LogP contribution < -0.4 is 10.1 Å². The van der Waals surface area contributed by atoms with Crippen molar-refractivity contribution in [2.75, 3.05) is 18.5 Å². The van der Waals surface area contributed by atoms with E-state index < -0.39 is 0 Å². The molecule has 6 nitrogen and oxygen atoms in total. The SMILES string of the molecule is CCC(CO)N(Cc1cccs1)C(=O)Cc1ccc2c(c1)NC(=O)CO2. The number of fused-ring (bicyclic) bond motifs is 1. The molecule has 1 unspecified atom stereocenters. The number of ether oxygens (including phenoxy) is 1. The van der Waals surface area contributed by atoms with Gasteiger partial charge in [0.2, 0.25) is 5.91 Å². The minimum Gasteiger partial charge on any atom is -0.482 e. The number of nitrogens with one attached hydrogen (secondary N) is 1. The van der Waals surface area contributed by atoms with Gasteiger partial charge in [0.1, 0.15) is 5.75 Å². The van der Waals surface area contributed by atoms with Gasteiger partial charge in [0, 0.05) is 4.88 Å². The van der Waals surface area contributed by atoms with E-state index in [-0.39, 0.29) is 37.5 Å². The van der Waals surface area contributed by atoms with Gasteiger partial charge in [-0.15, -0.1) is 11.3 Å². The molecule has 1 aromatic heterocycles. The second-order valence-corrected chi connectivity index (χ2v) is 7.22. The molecule has 1 aliphatic rings. The lowest BCUT2D eigenvalue weighted by molar-refractivity contribution is -0.134. The molecule has 2 heterocycles. The summed E-state index contributed by atoms with van der Waals surface area (Å²) in [6.07, 6.45) is 0.882. The normalized spacial score (nSPS) is 14.2. The van der Waals surface area contributed by atoms with Crippen molar-refractivity contribution in [3.63, 3.8) is 0 Å². The van der Waals surface area contributed by atoms with E-state index in [1.165, 1.54) is 0 Å². The maximum absolute atomic E-state index is 12.9. The number of thiophene rings is 1. The Morgan fingerprint density at radius 1 is 1.42 bits per heavy atom. The first kappa shape index (κ1) is 18.4. The van der Waals surface area contributed by atoms with Crippen LogP contribution in [0.4, 0.5) is 5.69 Å². The van der Waals surface area contributed by atoms with Crippen LogP contribution in [0.1, 0.15) is 23.8 Å². The average molecular weight is 374 g/mol. The molecule has 0 saturated carbocycles. The van der Waals surface area contributed by atoms with Gasteiger partial charge in [0.25, 0.3) is 5.91 Å². The molecular weight excluding hydrogens is 352 g/mol. The van der Waals surface area contributed by atoms with E-state index in [1.54, 1.807) is 28.4 Å². The van der Waals surface area contributed by atoms with Crippen molar-refractivity contribution in [2.45, 2.75) is 32.4 Å². The predicted molar refractivity (Wildman–Crippen MR) is 100 cm³/mol. The van der Waals surface area contributed by atoms with Crippen LogP contribution in [0.3, 0.4) is 0 Å². The van der Waals surface area contributed by atoms with E-state index in [9.17, 15) is 14.7 Å². The van der Waals surface area contributed by atoms with E-state index in [4.69, 9.17) is 4.74 Å². The van der Waals surface area contributed by atoms with Crippen LogP contribution in [-0.4, -0.2) is 41.1 Å². The topological polar surface area (TPSA) is 78.9 Å². The molecule has 2 aromatic rings. The Kier molecular flexibility index (Phi) is 5.90. The highest BCUT2D eigenvalue weighted by atomic mass is 32.1. The number of amides is 2. The molecule has 0 saturated heterocycles. The molecule has 138 valence electrons. The number of anilines is 1. The van der Waals surface area contributed by atoms with Gasteiger partial charge in [-0.05, 0) is 35.6 Å². The minimum atomic E-state index is -0.217. The van der Waals surface area contributed by atoms with Gasteiger partial charge in [0.05, 0.1) is 31.3 Å². The van der Waals surface area contributed by atoms with Crippen LogP contribution in [0.15, 0.2) is 35.7 Å². The average Bonchev–Trinajstić information content (AvgIpc) is 3.14. The Labute approximate surface area is 156 Å². The van der Waals surface area contributed by atoms with Crippen molar-refractivity contribution in [2.24, 2.45) is 0 Å². The van der Waals surface area contributed by atoms with Crippen LogP contribution >= 0.6 is 11.3 Å². The summed E-state index contributed by atoms with van der Waals surface area (Å²) >= 11 is 1.59. The zero-order chi connectivity index (χ0) is 18.5. The van der Waals surface area contributed by atoms with E-state index >= 15 is 0 Å². The Morgan fingerprint density at radius 2 is 2.27 bits per heavy atom. The standard InChI is InChI=1S/C19H22N2O4S/c1-2-14(11-22)21(10-15-4-3-7-26-15)19(24)9-13-5-6-17-16(8-13)20-18(23)12-25-17/h3-8,14,22H,2,9-12H2,1H3,(H,20,23). The number of aliphatic hydroxyl groups excluding tert-OH is 1. The fourth-order valence-electron chi connectivity index (χ4n) is 2.96. The monoisotopic (exact) mass is 374 g/mol. The summed E-state index contributed by atoms with van der Waals surface area (Å²) in [6.45, 7) is 2.39. The molecule has 3 rings (SSSR count). The van der Waals surface area contributed by atoms with Crippen LogP contribution in [0.5, 0.6) is 5.75 Å². The number of carbonyl (C=O) groups is 2. The van der Waals surface area contributed by atoms with E-state index in [0.717, 1.165) is 10.4 Å². The maximum Gasteiger partial charge on any atom is 0.262 e. The molecule has 0 radical (unpaired) electrons. The van der Waals surface area contributed by atoms with Gasteiger partial charge in [-0.1, -0.05) is 19.1 Å². The third-order valence-electron chi connectivity index (χ3n) is 4.38. The lowest BCUT2D eigenvalue weighted by atomic mass is 10.1. The van der Waals surface area contributed by atoms with Gasteiger partial charge < -0.3 is 20.1 Å². The van der Waals surface area contributed by atoms with Gasteiger partial charge in [0.15, 0.2) is 6.61 Å². The largest absolute Gasteiger partial charge is 0.482 e. The number of rotatable bonds is 7. The molecule has 0 fully saturated rings. The smallest absolute Gasteiger partial charge is 0.262 e. The molecule has 1 aromatic carbocycles. The second-order valence-electron chi connectivity index (χ2n) is 6.19. The Morgan fingerprint density at radius 3 is 2.96 bits per heavy atom. The van der Waals surface area contributed by atoms with Gasteiger partial charge >= 0.3 is 0 Å². The highest BCUT2D eigenvalue weighted by molar-refractivity contribution is 7.09. The van der Waals surface area contributed by atoms with Gasteiger partial charge in [-0.25, -0.2) is 0 Å². The fraction of sp³-hybridized carbons (Fsp3) is 0.368. The molecule has 0 aliphatic carbocycles. The zero-order valence-corrected chi connectivity index (χ0v) is 15.4. The first-order chi connectivity index (χ1) is 12.6.